The Bertz CT molecular complexity index is 233. The number of hydrogen-bond acceptors (Lipinski definition) is 1. The predicted molar refractivity (Wildman–Crippen MR) is 79.4 cm³/mol. The molecule has 0 heterocycles. The lowest BCUT2D eigenvalue weighted by molar-refractivity contribution is -0.113. The fourth-order valence-corrected chi connectivity index (χ4v) is 2.21. The van der Waals surface area contributed by atoms with E-state index in [1.807, 2.05) is 6.92 Å². The van der Waals surface area contributed by atoms with Crippen molar-refractivity contribution in [3.8, 4) is 0 Å². The average molecular weight is 253 g/mol. The van der Waals surface area contributed by atoms with E-state index in [-0.39, 0.29) is 5.91 Å². The van der Waals surface area contributed by atoms with Crippen LogP contribution in [0.2, 0.25) is 0 Å². The maximum atomic E-state index is 10.6. The number of carbonyl (C=O) groups excluding carboxylic acids is 1. The van der Waals surface area contributed by atoms with E-state index in [4.69, 9.17) is 5.73 Å². The number of amides is 1. The molecule has 0 aliphatic heterocycles. The smallest absolute Gasteiger partial charge is 0.241 e. The van der Waals surface area contributed by atoms with E-state index in [1.54, 1.807) is 6.08 Å². The highest BCUT2D eigenvalue weighted by Gasteiger charge is 1.95. The van der Waals surface area contributed by atoms with Gasteiger partial charge >= 0.3 is 0 Å². The molecule has 0 rings (SSSR count). The van der Waals surface area contributed by atoms with E-state index in [0.717, 1.165) is 12.0 Å². The van der Waals surface area contributed by atoms with Crippen LogP contribution in [-0.4, -0.2) is 5.91 Å². The van der Waals surface area contributed by atoms with Gasteiger partial charge in [0.15, 0.2) is 0 Å². The summed E-state index contributed by atoms with van der Waals surface area (Å²) in [6.07, 6.45) is 16.1. The first kappa shape index (κ1) is 17.2. The molecular formula is C16H31NO. The van der Waals surface area contributed by atoms with Crippen molar-refractivity contribution in [2.24, 2.45) is 5.73 Å². The largest absolute Gasteiger partial charge is 0.366 e. The molecule has 18 heavy (non-hydrogen) atoms. The van der Waals surface area contributed by atoms with E-state index >= 15 is 0 Å². The molecule has 0 radical (unpaired) electrons. The summed E-state index contributed by atoms with van der Waals surface area (Å²) in [7, 11) is 0. The van der Waals surface area contributed by atoms with E-state index in [0.29, 0.717) is 0 Å². The van der Waals surface area contributed by atoms with Gasteiger partial charge in [-0.1, -0.05) is 70.3 Å². The van der Waals surface area contributed by atoms with Crippen LogP contribution >= 0.6 is 0 Å². The van der Waals surface area contributed by atoms with Gasteiger partial charge in [-0.05, 0) is 19.8 Å². The molecule has 0 aromatic rings. The third-order valence-electron chi connectivity index (χ3n) is 3.31. The molecule has 0 unspecified atom stereocenters. The van der Waals surface area contributed by atoms with Crippen LogP contribution in [0.25, 0.3) is 0 Å². The van der Waals surface area contributed by atoms with Crippen molar-refractivity contribution in [1.82, 2.24) is 0 Å². The topological polar surface area (TPSA) is 43.1 Å². The van der Waals surface area contributed by atoms with Gasteiger partial charge in [0.2, 0.25) is 5.91 Å². The zero-order valence-corrected chi connectivity index (χ0v) is 12.3. The van der Waals surface area contributed by atoms with Crippen LogP contribution in [0.5, 0.6) is 0 Å². The molecular weight excluding hydrogens is 222 g/mol. The minimum atomic E-state index is -0.320. The molecule has 0 fully saturated rings. The first-order valence-electron chi connectivity index (χ1n) is 7.63. The Morgan fingerprint density at radius 1 is 0.889 bits per heavy atom. The third-order valence-corrected chi connectivity index (χ3v) is 3.31. The second-order valence-electron chi connectivity index (χ2n) is 5.33. The fourth-order valence-electron chi connectivity index (χ4n) is 2.21. The summed E-state index contributed by atoms with van der Waals surface area (Å²) in [6.45, 7) is 4.24. The van der Waals surface area contributed by atoms with Gasteiger partial charge in [0.1, 0.15) is 0 Å². The van der Waals surface area contributed by atoms with E-state index in [1.165, 1.54) is 64.2 Å². The molecule has 2 N–H and O–H groups in total. The molecule has 0 aromatic carbocycles. The number of unbranched alkanes of at least 4 members (excludes halogenated alkanes) is 9. The molecule has 0 saturated heterocycles. The maximum absolute atomic E-state index is 10.6. The van der Waals surface area contributed by atoms with Crippen molar-refractivity contribution >= 4 is 5.91 Å². The van der Waals surface area contributed by atoms with Gasteiger partial charge in [0.25, 0.3) is 0 Å². The molecule has 106 valence electrons. The Kier molecular flexibility index (Phi) is 12.1. The standard InChI is InChI=1S/C16H31NO/c1-3-4-5-6-7-8-9-10-11-12-13-15(2)14-16(17)18/h14H,3-13H2,1-2H3,(H2,17,18). The molecule has 2 nitrogen and oxygen atoms in total. The van der Waals surface area contributed by atoms with Crippen molar-refractivity contribution in [1.29, 1.82) is 0 Å². The molecule has 0 spiro atoms. The first-order chi connectivity index (χ1) is 8.66. The number of nitrogens with two attached hydrogens (primary N) is 1. The number of primary amides is 1. The molecule has 0 saturated carbocycles. The Balaban J connectivity index is 3.19. The molecule has 1 amide bonds. The van der Waals surface area contributed by atoms with Gasteiger partial charge in [-0.25, -0.2) is 0 Å². The van der Waals surface area contributed by atoms with Crippen molar-refractivity contribution < 1.29 is 4.79 Å². The lowest BCUT2D eigenvalue weighted by atomic mass is 10.0. The van der Waals surface area contributed by atoms with Crippen LogP contribution in [0.4, 0.5) is 0 Å². The summed E-state index contributed by atoms with van der Waals surface area (Å²) in [5.74, 6) is -0.320. The zero-order chi connectivity index (χ0) is 13.6. The Hall–Kier alpha value is -0.790. The number of carbonyl (C=O) groups is 1. The van der Waals surface area contributed by atoms with Gasteiger partial charge in [-0.2, -0.15) is 0 Å². The highest BCUT2D eigenvalue weighted by atomic mass is 16.1. The maximum Gasteiger partial charge on any atom is 0.241 e. The van der Waals surface area contributed by atoms with Crippen LogP contribution in [0.15, 0.2) is 11.6 Å². The van der Waals surface area contributed by atoms with Crippen molar-refractivity contribution in [2.75, 3.05) is 0 Å². The third kappa shape index (κ3) is 13.3. The summed E-state index contributed by atoms with van der Waals surface area (Å²) < 4.78 is 0. The minimum Gasteiger partial charge on any atom is -0.366 e. The lowest BCUT2D eigenvalue weighted by Gasteiger charge is -2.02. The number of allylic oxidation sites excluding steroid dienone is 1. The molecule has 0 aliphatic carbocycles. The minimum absolute atomic E-state index is 0.320. The van der Waals surface area contributed by atoms with Crippen LogP contribution < -0.4 is 5.73 Å². The fraction of sp³-hybridized carbons (Fsp3) is 0.812. The highest BCUT2D eigenvalue weighted by Crippen LogP contribution is 2.13. The zero-order valence-electron chi connectivity index (χ0n) is 12.3. The Morgan fingerprint density at radius 2 is 1.33 bits per heavy atom. The van der Waals surface area contributed by atoms with E-state index < -0.39 is 0 Å². The number of rotatable bonds is 12. The number of hydrogen-bond donors (Lipinski definition) is 1. The van der Waals surface area contributed by atoms with Crippen LogP contribution in [0, 0.1) is 0 Å². The predicted octanol–water partition coefficient (Wildman–Crippen LogP) is 4.73. The highest BCUT2D eigenvalue weighted by molar-refractivity contribution is 5.86. The van der Waals surface area contributed by atoms with E-state index in [2.05, 4.69) is 6.92 Å². The van der Waals surface area contributed by atoms with Crippen molar-refractivity contribution in [3.05, 3.63) is 11.6 Å². The van der Waals surface area contributed by atoms with Gasteiger partial charge in [-0.3, -0.25) is 4.79 Å². The summed E-state index contributed by atoms with van der Waals surface area (Å²) in [5, 5.41) is 0. The molecule has 2 heteroatoms. The Labute approximate surface area is 113 Å². The van der Waals surface area contributed by atoms with Crippen LogP contribution in [-0.2, 0) is 4.79 Å². The normalized spacial score (nSPS) is 11.8. The van der Waals surface area contributed by atoms with Gasteiger partial charge in [0, 0.05) is 6.08 Å². The molecule has 0 aromatic heterocycles. The Morgan fingerprint density at radius 3 is 1.78 bits per heavy atom. The van der Waals surface area contributed by atoms with Crippen molar-refractivity contribution in [2.45, 2.75) is 84.5 Å². The quantitative estimate of drug-likeness (QED) is 0.396. The molecule has 0 bridgehead atoms. The second kappa shape index (κ2) is 12.7. The monoisotopic (exact) mass is 253 g/mol. The van der Waals surface area contributed by atoms with Crippen LogP contribution in [0.1, 0.15) is 84.5 Å². The van der Waals surface area contributed by atoms with Crippen LogP contribution in [0.3, 0.4) is 0 Å². The lowest BCUT2D eigenvalue weighted by Crippen LogP contribution is -2.06. The first-order valence-corrected chi connectivity index (χ1v) is 7.63. The summed E-state index contributed by atoms with van der Waals surface area (Å²) in [5.41, 5.74) is 6.21. The SMILES string of the molecule is CCCCCCCCCCCCC(C)=CC(N)=O. The van der Waals surface area contributed by atoms with Gasteiger partial charge in [0.05, 0.1) is 0 Å². The van der Waals surface area contributed by atoms with E-state index in [9.17, 15) is 4.79 Å². The summed E-state index contributed by atoms with van der Waals surface area (Å²) in [6, 6.07) is 0. The van der Waals surface area contributed by atoms with Gasteiger partial charge in [-0.15, -0.1) is 0 Å². The average Bonchev–Trinajstić information content (AvgIpc) is 2.30. The molecule has 0 aliphatic rings. The van der Waals surface area contributed by atoms with Crippen molar-refractivity contribution in [3.63, 3.8) is 0 Å². The second-order valence-corrected chi connectivity index (χ2v) is 5.33. The van der Waals surface area contributed by atoms with Gasteiger partial charge < -0.3 is 5.73 Å². The summed E-state index contributed by atoms with van der Waals surface area (Å²) >= 11 is 0. The molecule has 0 atom stereocenters. The summed E-state index contributed by atoms with van der Waals surface area (Å²) in [4.78, 5) is 10.6.